The van der Waals surface area contributed by atoms with Crippen LogP contribution < -0.4 is 4.80 Å². The van der Waals surface area contributed by atoms with Gasteiger partial charge in [-0.05, 0) is 48.6 Å². The molecule has 1 amide bonds. The van der Waals surface area contributed by atoms with E-state index < -0.39 is 15.9 Å². The molecule has 4 rings (SSSR count). The van der Waals surface area contributed by atoms with Gasteiger partial charge in [-0.1, -0.05) is 55.5 Å². The third-order valence-corrected chi connectivity index (χ3v) is 8.93. The minimum Gasteiger partial charge on any atom is -0.313 e. The zero-order valence-electron chi connectivity index (χ0n) is 19.0. The van der Waals surface area contributed by atoms with E-state index in [0.717, 1.165) is 10.2 Å². The Morgan fingerprint density at radius 1 is 1.24 bits per heavy atom. The van der Waals surface area contributed by atoms with Crippen molar-refractivity contribution in [1.29, 1.82) is 0 Å². The topological polar surface area (TPSA) is 71.7 Å². The van der Waals surface area contributed by atoms with Crippen LogP contribution in [0, 0.1) is 5.92 Å². The number of carbonyl (C=O) groups is 1. The molecule has 1 fully saturated rings. The number of aromatic nitrogens is 1. The number of carbonyl (C=O) groups excluding carboxylic acids is 1. The van der Waals surface area contributed by atoms with Crippen LogP contribution in [0.2, 0.25) is 0 Å². The predicted molar refractivity (Wildman–Crippen MR) is 133 cm³/mol. The van der Waals surface area contributed by atoms with E-state index in [1.807, 2.05) is 4.57 Å². The molecule has 1 unspecified atom stereocenters. The molecular weight excluding hydrogens is 454 g/mol. The molecule has 0 spiro atoms. The van der Waals surface area contributed by atoms with Crippen LogP contribution in [0.25, 0.3) is 10.2 Å². The largest absolute Gasteiger partial charge is 0.313 e. The zero-order chi connectivity index (χ0) is 23.6. The lowest BCUT2D eigenvalue weighted by molar-refractivity contribution is -0.122. The molecule has 1 saturated heterocycles. The molecule has 33 heavy (non-hydrogen) atoms. The van der Waals surface area contributed by atoms with Crippen molar-refractivity contribution in [3.8, 4) is 0 Å². The van der Waals surface area contributed by atoms with Gasteiger partial charge in [0, 0.05) is 19.6 Å². The summed E-state index contributed by atoms with van der Waals surface area (Å²) in [5, 5.41) is 0. The van der Waals surface area contributed by atoms with Crippen LogP contribution in [0.15, 0.2) is 71.1 Å². The second-order valence-corrected chi connectivity index (χ2v) is 11.6. The molecule has 2 aromatic carbocycles. The number of allylic oxidation sites excluding steroid dienone is 1. The predicted octanol–water partition coefficient (Wildman–Crippen LogP) is 4.54. The number of amides is 1. The van der Waals surface area contributed by atoms with Gasteiger partial charge in [-0.15, -0.1) is 6.58 Å². The van der Waals surface area contributed by atoms with E-state index in [1.165, 1.54) is 21.2 Å². The summed E-state index contributed by atoms with van der Waals surface area (Å²) in [6.45, 7) is 9.27. The van der Waals surface area contributed by atoms with Crippen molar-refractivity contribution in [2.24, 2.45) is 10.9 Å². The summed E-state index contributed by atoms with van der Waals surface area (Å²) in [4.78, 5) is 18.5. The summed E-state index contributed by atoms with van der Waals surface area (Å²) in [6, 6.07) is 14.7. The second-order valence-electron chi connectivity index (χ2n) is 8.63. The van der Waals surface area contributed by atoms with Crippen LogP contribution in [0.1, 0.15) is 38.2 Å². The van der Waals surface area contributed by atoms with Crippen molar-refractivity contribution in [2.75, 3.05) is 13.1 Å². The summed E-state index contributed by atoms with van der Waals surface area (Å²) in [6.07, 6.45) is 3.06. The average Bonchev–Trinajstić information content (AvgIpc) is 3.16. The number of thiazole rings is 1. The minimum atomic E-state index is -3.63. The quantitative estimate of drug-likeness (QED) is 0.483. The van der Waals surface area contributed by atoms with Crippen molar-refractivity contribution < 1.29 is 13.2 Å². The highest BCUT2D eigenvalue weighted by molar-refractivity contribution is 7.89. The lowest BCUT2D eigenvalue weighted by Gasteiger charge is -2.30. The lowest BCUT2D eigenvalue weighted by Crippen LogP contribution is -2.42. The number of hydrogen-bond acceptors (Lipinski definition) is 4. The fraction of sp³-hybridized carbons (Fsp3) is 0.360. The number of piperidine rings is 1. The van der Waals surface area contributed by atoms with Gasteiger partial charge in [0.05, 0.1) is 21.0 Å². The smallest absolute Gasteiger partial charge is 0.252 e. The summed E-state index contributed by atoms with van der Waals surface area (Å²) in [5.74, 6) is -0.312. The molecule has 1 aromatic heterocycles. The molecule has 1 aliphatic rings. The van der Waals surface area contributed by atoms with Gasteiger partial charge in [0.25, 0.3) is 5.91 Å². The minimum absolute atomic E-state index is 0.156. The van der Waals surface area contributed by atoms with Crippen LogP contribution in [-0.4, -0.2) is 36.3 Å². The fourth-order valence-electron chi connectivity index (χ4n) is 4.13. The van der Waals surface area contributed by atoms with Crippen LogP contribution in [0.4, 0.5) is 0 Å². The molecule has 1 aliphatic heterocycles. The SMILES string of the molecule is C=CCn1c(=NC(=O)C2CCCN(S(=O)(=O)c3ccccc3)C2)sc2cc(C(C)C)ccc21. The molecule has 6 nitrogen and oxygen atoms in total. The van der Waals surface area contributed by atoms with Crippen LogP contribution in [0.5, 0.6) is 0 Å². The monoisotopic (exact) mass is 483 g/mol. The van der Waals surface area contributed by atoms with Gasteiger partial charge < -0.3 is 4.57 Å². The van der Waals surface area contributed by atoms with E-state index in [1.54, 1.807) is 36.4 Å². The average molecular weight is 484 g/mol. The highest BCUT2D eigenvalue weighted by Crippen LogP contribution is 2.26. The van der Waals surface area contributed by atoms with E-state index in [0.29, 0.717) is 36.7 Å². The first kappa shape index (κ1) is 23.6. The number of nitrogens with zero attached hydrogens (tertiary/aromatic N) is 3. The Morgan fingerprint density at radius 3 is 2.70 bits per heavy atom. The van der Waals surface area contributed by atoms with Gasteiger partial charge in [0.1, 0.15) is 0 Å². The number of fused-ring (bicyclic) bond motifs is 1. The Bertz CT molecular complexity index is 1340. The molecule has 0 bridgehead atoms. The Labute approximate surface area is 199 Å². The normalized spacial score (nSPS) is 18.2. The van der Waals surface area contributed by atoms with E-state index in [4.69, 9.17) is 0 Å². The van der Waals surface area contributed by atoms with Crippen molar-refractivity contribution in [2.45, 2.75) is 44.0 Å². The summed E-state index contributed by atoms with van der Waals surface area (Å²) >= 11 is 1.49. The maximum atomic E-state index is 13.2. The summed E-state index contributed by atoms with van der Waals surface area (Å²) in [7, 11) is -3.63. The Balaban J connectivity index is 1.64. The van der Waals surface area contributed by atoms with Crippen LogP contribution >= 0.6 is 11.3 Å². The third-order valence-electron chi connectivity index (χ3n) is 6.01. The molecule has 3 aromatic rings. The molecule has 2 heterocycles. The highest BCUT2D eigenvalue weighted by Gasteiger charge is 2.33. The standard InChI is InChI=1S/C25H29N3O3S2/c1-4-14-28-22-13-12-19(18(2)3)16-23(22)32-25(28)26-24(29)20-9-8-15-27(17-20)33(30,31)21-10-6-5-7-11-21/h4-7,10-13,16,18,20H,1,8-9,14-15,17H2,2-3H3. The van der Waals surface area contributed by atoms with Crippen molar-refractivity contribution >= 4 is 37.5 Å². The summed E-state index contributed by atoms with van der Waals surface area (Å²) in [5.41, 5.74) is 2.26. The van der Waals surface area contributed by atoms with Crippen LogP contribution in [-0.2, 0) is 21.4 Å². The lowest BCUT2D eigenvalue weighted by atomic mass is 9.99. The first-order valence-electron chi connectivity index (χ1n) is 11.2. The maximum Gasteiger partial charge on any atom is 0.252 e. The number of hydrogen-bond donors (Lipinski definition) is 0. The number of sulfonamides is 1. The van der Waals surface area contributed by atoms with Gasteiger partial charge in [0.15, 0.2) is 4.80 Å². The van der Waals surface area contributed by atoms with E-state index >= 15 is 0 Å². The zero-order valence-corrected chi connectivity index (χ0v) is 20.6. The van der Waals surface area contributed by atoms with Crippen molar-refractivity contribution in [1.82, 2.24) is 8.87 Å². The number of benzene rings is 2. The van der Waals surface area contributed by atoms with Gasteiger partial charge in [0.2, 0.25) is 10.0 Å². The molecular formula is C25H29N3O3S2. The van der Waals surface area contributed by atoms with Crippen molar-refractivity contribution in [3.63, 3.8) is 0 Å². The molecule has 8 heteroatoms. The highest BCUT2D eigenvalue weighted by atomic mass is 32.2. The molecule has 174 valence electrons. The maximum absolute atomic E-state index is 13.2. The van der Waals surface area contributed by atoms with Gasteiger partial charge in [-0.25, -0.2) is 8.42 Å². The molecule has 0 saturated carbocycles. The molecule has 0 N–H and O–H groups in total. The summed E-state index contributed by atoms with van der Waals surface area (Å²) < 4.78 is 30.5. The second kappa shape index (κ2) is 9.75. The van der Waals surface area contributed by atoms with E-state index in [9.17, 15) is 13.2 Å². The van der Waals surface area contributed by atoms with Gasteiger partial charge in [-0.3, -0.25) is 4.79 Å². The fourth-order valence-corrected chi connectivity index (χ4v) is 6.77. The van der Waals surface area contributed by atoms with Crippen LogP contribution in [0.3, 0.4) is 0 Å². The molecule has 0 radical (unpaired) electrons. The Morgan fingerprint density at radius 2 is 2.00 bits per heavy atom. The Hall–Kier alpha value is -2.55. The molecule has 1 atom stereocenters. The third kappa shape index (κ3) is 4.88. The number of rotatable bonds is 6. The molecule has 0 aliphatic carbocycles. The first-order valence-corrected chi connectivity index (χ1v) is 13.4. The van der Waals surface area contributed by atoms with E-state index in [-0.39, 0.29) is 17.3 Å². The van der Waals surface area contributed by atoms with Gasteiger partial charge in [-0.2, -0.15) is 9.30 Å². The Kier molecular flexibility index (Phi) is 6.97. The van der Waals surface area contributed by atoms with E-state index in [2.05, 4.69) is 43.6 Å². The van der Waals surface area contributed by atoms with Crippen molar-refractivity contribution in [3.05, 3.63) is 71.6 Å². The first-order chi connectivity index (χ1) is 15.8. The van der Waals surface area contributed by atoms with Gasteiger partial charge >= 0.3 is 0 Å².